The summed E-state index contributed by atoms with van der Waals surface area (Å²) in [6.07, 6.45) is 3.64. The zero-order chi connectivity index (χ0) is 23.0. The van der Waals surface area contributed by atoms with E-state index in [9.17, 15) is 0 Å². The minimum Gasteiger partial charge on any atom is -0.489 e. The van der Waals surface area contributed by atoms with Crippen LogP contribution in [-0.2, 0) is 6.61 Å². The first kappa shape index (κ1) is 23.6. The molecule has 0 radical (unpaired) electrons. The van der Waals surface area contributed by atoms with E-state index in [1.807, 2.05) is 36.4 Å². The Balaban J connectivity index is 1.69. The van der Waals surface area contributed by atoms with Crippen LogP contribution in [-0.4, -0.2) is 36.5 Å². The Morgan fingerprint density at radius 1 is 1.19 bits per heavy atom. The van der Waals surface area contributed by atoms with Crippen LogP contribution in [0.15, 0.2) is 53.5 Å². The molecule has 1 atom stereocenters. The predicted molar refractivity (Wildman–Crippen MR) is 130 cm³/mol. The van der Waals surface area contributed by atoms with Gasteiger partial charge in [0.05, 0.1) is 17.3 Å². The second kappa shape index (κ2) is 11.0. The number of hydrogen-bond donors (Lipinski definition) is 2. The SMILES string of the molecule is CC1CCCCN1/C(=N\c1ccc(OCc2ccc(C#N)cc2)cc1)NCC(C)(C)CN. The molecule has 0 spiro atoms. The van der Waals surface area contributed by atoms with Gasteiger partial charge >= 0.3 is 0 Å². The fourth-order valence-electron chi connectivity index (χ4n) is 3.59. The second-order valence-electron chi connectivity index (χ2n) is 9.29. The third-order valence-electron chi connectivity index (χ3n) is 5.91. The van der Waals surface area contributed by atoms with Crippen molar-refractivity contribution >= 4 is 11.6 Å². The molecule has 0 saturated carbocycles. The lowest BCUT2D eigenvalue weighted by Crippen LogP contribution is -2.51. The Morgan fingerprint density at radius 2 is 1.91 bits per heavy atom. The van der Waals surface area contributed by atoms with Crippen molar-refractivity contribution in [3.8, 4) is 11.8 Å². The normalized spacial score (nSPS) is 17.0. The minimum atomic E-state index is 0.00291. The van der Waals surface area contributed by atoms with Crippen LogP contribution in [0.5, 0.6) is 5.75 Å². The molecule has 6 nitrogen and oxygen atoms in total. The van der Waals surface area contributed by atoms with E-state index in [1.54, 1.807) is 12.1 Å². The van der Waals surface area contributed by atoms with E-state index in [4.69, 9.17) is 20.7 Å². The summed E-state index contributed by atoms with van der Waals surface area (Å²) < 4.78 is 5.89. The fourth-order valence-corrected chi connectivity index (χ4v) is 3.59. The van der Waals surface area contributed by atoms with Crippen LogP contribution in [0.2, 0.25) is 0 Å². The van der Waals surface area contributed by atoms with Gasteiger partial charge in [-0.1, -0.05) is 26.0 Å². The summed E-state index contributed by atoms with van der Waals surface area (Å²) in [7, 11) is 0. The summed E-state index contributed by atoms with van der Waals surface area (Å²) in [6, 6.07) is 17.9. The number of rotatable bonds is 7. The van der Waals surface area contributed by atoms with Gasteiger partial charge in [-0.3, -0.25) is 0 Å². The van der Waals surface area contributed by atoms with Gasteiger partial charge in [-0.05, 0) is 80.1 Å². The molecule has 0 aliphatic carbocycles. The summed E-state index contributed by atoms with van der Waals surface area (Å²) in [4.78, 5) is 7.33. The Labute approximate surface area is 192 Å². The van der Waals surface area contributed by atoms with Crippen molar-refractivity contribution in [2.75, 3.05) is 19.6 Å². The molecule has 0 amide bonds. The fraction of sp³-hybridized carbons (Fsp3) is 0.462. The number of guanidine groups is 1. The third-order valence-corrected chi connectivity index (χ3v) is 5.91. The van der Waals surface area contributed by atoms with E-state index in [2.05, 4.69) is 37.1 Å². The van der Waals surface area contributed by atoms with Crippen molar-refractivity contribution in [3.05, 3.63) is 59.7 Å². The topological polar surface area (TPSA) is 86.7 Å². The second-order valence-corrected chi connectivity index (χ2v) is 9.29. The molecule has 3 N–H and O–H groups in total. The first-order chi connectivity index (χ1) is 15.4. The van der Waals surface area contributed by atoms with E-state index in [1.165, 1.54) is 19.3 Å². The number of nitriles is 1. The molecule has 0 aromatic heterocycles. The van der Waals surface area contributed by atoms with Gasteiger partial charge in [0, 0.05) is 19.1 Å². The summed E-state index contributed by atoms with van der Waals surface area (Å²) in [5.41, 5.74) is 8.50. The van der Waals surface area contributed by atoms with Crippen LogP contribution in [0.3, 0.4) is 0 Å². The summed E-state index contributed by atoms with van der Waals surface area (Å²) in [5.74, 6) is 1.71. The van der Waals surface area contributed by atoms with Gasteiger partial charge in [-0.25, -0.2) is 4.99 Å². The minimum absolute atomic E-state index is 0.00291. The number of nitrogens with two attached hydrogens (primary N) is 1. The van der Waals surface area contributed by atoms with Crippen LogP contribution in [0, 0.1) is 16.7 Å². The van der Waals surface area contributed by atoms with Crippen LogP contribution in [0.4, 0.5) is 5.69 Å². The van der Waals surface area contributed by atoms with Crippen molar-refractivity contribution in [1.82, 2.24) is 10.2 Å². The number of aliphatic imine (C=N–C) groups is 1. The zero-order valence-electron chi connectivity index (χ0n) is 19.5. The number of nitrogens with zero attached hydrogens (tertiary/aromatic N) is 3. The standard InChI is InChI=1S/C26H35N5O/c1-20-6-4-5-15-31(20)25(29-19-26(2,3)18-28)30-23-11-13-24(14-12-23)32-17-22-9-7-21(16-27)8-10-22/h7-14,20H,4-6,15,17-19,28H2,1-3H3,(H,29,30). The predicted octanol–water partition coefficient (Wildman–Crippen LogP) is 4.57. The molecular formula is C26H35N5O. The maximum absolute atomic E-state index is 8.90. The molecule has 1 saturated heterocycles. The molecule has 6 heteroatoms. The van der Waals surface area contributed by atoms with Crippen LogP contribution < -0.4 is 15.8 Å². The first-order valence-corrected chi connectivity index (χ1v) is 11.4. The van der Waals surface area contributed by atoms with E-state index in [0.717, 1.165) is 36.0 Å². The van der Waals surface area contributed by atoms with Crippen molar-refractivity contribution in [2.45, 2.75) is 52.7 Å². The monoisotopic (exact) mass is 433 g/mol. The maximum atomic E-state index is 8.90. The van der Waals surface area contributed by atoms with Crippen molar-refractivity contribution < 1.29 is 4.74 Å². The van der Waals surface area contributed by atoms with Crippen LogP contribution in [0.25, 0.3) is 0 Å². The number of benzene rings is 2. The highest BCUT2D eigenvalue weighted by Gasteiger charge is 2.24. The zero-order valence-corrected chi connectivity index (χ0v) is 19.5. The van der Waals surface area contributed by atoms with Crippen molar-refractivity contribution in [3.63, 3.8) is 0 Å². The molecule has 2 aromatic rings. The molecule has 2 aromatic carbocycles. The largest absolute Gasteiger partial charge is 0.489 e. The molecular weight excluding hydrogens is 398 g/mol. The number of likely N-dealkylation sites (tertiary alicyclic amines) is 1. The quantitative estimate of drug-likeness (QED) is 0.493. The highest BCUT2D eigenvalue weighted by molar-refractivity contribution is 5.83. The average molecular weight is 434 g/mol. The Kier molecular flexibility index (Phi) is 8.13. The van der Waals surface area contributed by atoms with E-state index in [0.29, 0.717) is 24.8 Å². The van der Waals surface area contributed by atoms with E-state index in [-0.39, 0.29) is 5.41 Å². The Morgan fingerprint density at radius 3 is 2.53 bits per heavy atom. The third kappa shape index (κ3) is 6.73. The van der Waals surface area contributed by atoms with Crippen molar-refractivity contribution in [2.24, 2.45) is 16.1 Å². The molecule has 32 heavy (non-hydrogen) atoms. The van der Waals surface area contributed by atoms with Gasteiger partial charge in [0.25, 0.3) is 0 Å². The molecule has 1 fully saturated rings. The molecule has 170 valence electrons. The van der Waals surface area contributed by atoms with Crippen molar-refractivity contribution in [1.29, 1.82) is 5.26 Å². The number of ether oxygens (including phenoxy) is 1. The van der Waals surface area contributed by atoms with Gasteiger partial charge < -0.3 is 20.7 Å². The number of hydrogen-bond acceptors (Lipinski definition) is 4. The molecule has 1 heterocycles. The maximum Gasteiger partial charge on any atom is 0.199 e. The molecule has 1 aliphatic rings. The molecule has 1 aliphatic heterocycles. The highest BCUT2D eigenvalue weighted by Crippen LogP contribution is 2.22. The summed E-state index contributed by atoms with van der Waals surface area (Å²) in [6.45, 7) is 9.47. The first-order valence-electron chi connectivity index (χ1n) is 11.4. The lowest BCUT2D eigenvalue weighted by atomic mass is 9.94. The van der Waals surface area contributed by atoms with Gasteiger partial charge in [0.2, 0.25) is 0 Å². The summed E-state index contributed by atoms with van der Waals surface area (Å²) >= 11 is 0. The van der Waals surface area contributed by atoms with E-state index >= 15 is 0 Å². The Bertz CT molecular complexity index is 928. The number of nitrogens with one attached hydrogen (secondary N) is 1. The molecule has 0 bridgehead atoms. The highest BCUT2D eigenvalue weighted by atomic mass is 16.5. The van der Waals surface area contributed by atoms with Gasteiger partial charge in [-0.2, -0.15) is 5.26 Å². The molecule has 3 rings (SSSR count). The van der Waals surface area contributed by atoms with Gasteiger partial charge in [-0.15, -0.1) is 0 Å². The smallest absolute Gasteiger partial charge is 0.199 e. The van der Waals surface area contributed by atoms with Gasteiger partial charge in [0.1, 0.15) is 12.4 Å². The van der Waals surface area contributed by atoms with E-state index < -0.39 is 0 Å². The van der Waals surface area contributed by atoms with Gasteiger partial charge in [0.15, 0.2) is 5.96 Å². The average Bonchev–Trinajstić information content (AvgIpc) is 2.82. The Hall–Kier alpha value is -3.04. The van der Waals surface area contributed by atoms with Crippen LogP contribution >= 0.6 is 0 Å². The van der Waals surface area contributed by atoms with Crippen LogP contribution in [0.1, 0.15) is 51.2 Å². The summed E-state index contributed by atoms with van der Waals surface area (Å²) in [5, 5.41) is 12.5. The number of piperidine rings is 1. The molecule has 1 unspecified atom stereocenters. The lowest BCUT2D eigenvalue weighted by Gasteiger charge is -2.37. The lowest BCUT2D eigenvalue weighted by molar-refractivity contribution is 0.246.